The zero-order valence-electron chi connectivity index (χ0n) is 16.9. The maximum absolute atomic E-state index is 12.7. The molecule has 1 aliphatic rings. The van der Waals surface area contributed by atoms with E-state index in [2.05, 4.69) is 17.2 Å². The van der Waals surface area contributed by atoms with Gasteiger partial charge in [0.15, 0.2) is 0 Å². The lowest BCUT2D eigenvalue weighted by Gasteiger charge is -2.32. The minimum absolute atomic E-state index is 0.0457. The molecule has 0 saturated carbocycles. The van der Waals surface area contributed by atoms with Crippen molar-refractivity contribution < 1.29 is 14.7 Å². The second-order valence-corrected chi connectivity index (χ2v) is 9.49. The molecular formula is C22H25Cl2N3O3S. The second kappa shape index (κ2) is 11.0. The van der Waals surface area contributed by atoms with Crippen LogP contribution in [0.4, 0.5) is 11.4 Å². The number of anilines is 2. The van der Waals surface area contributed by atoms with Gasteiger partial charge in [0, 0.05) is 31.2 Å². The maximum Gasteiger partial charge on any atom is 0.261 e. The Morgan fingerprint density at radius 3 is 2.81 bits per heavy atom. The van der Waals surface area contributed by atoms with Crippen LogP contribution in [0, 0.1) is 5.92 Å². The number of hydrogen-bond acceptors (Lipinski definition) is 5. The number of allylic oxidation sites excluding steroid dienone is 1. The molecule has 3 rings (SSSR count). The van der Waals surface area contributed by atoms with Gasteiger partial charge in [-0.15, -0.1) is 17.9 Å². The first-order valence-corrected chi connectivity index (χ1v) is 11.6. The molecule has 1 aromatic heterocycles. The first-order valence-electron chi connectivity index (χ1n) is 10.1. The zero-order chi connectivity index (χ0) is 22.4. The maximum atomic E-state index is 12.7. The molecule has 2 heterocycles. The Bertz CT molecular complexity index is 950. The highest BCUT2D eigenvalue weighted by Crippen LogP contribution is 2.33. The van der Waals surface area contributed by atoms with E-state index in [0.717, 1.165) is 18.5 Å². The number of halogens is 2. The van der Waals surface area contributed by atoms with Crippen LogP contribution >= 0.6 is 34.5 Å². The number of amides is 2. The van der Waals surface area contributed by atoms with Gasteiger partial charge in [-0.3, -0.25) is 9.59 Å². The summed E-state index contributed by atoms with van der Waals surface area (Å²) >= 11 is 13.5. The summed E-state index contributed by atoms with van der Waals surface area (Å²) in [5.74, 6) is -0.244. The summed E-state index contributed by atoms with van der Waals surface area (Å²) in [5.41, 5.74) is 1.41. The van der Waals surface area contributed by atoms with E-state index < -0.39 is 6.10 Å². The highest BCUT2D eigenvalue weighted by molar-refractivity contribution is 7.18. The molecule has 0 radical (unpaired) electrons. The Morgan fingerprint density at radius 1 is 1.32 bits per heavy atom. The van der Waals surface area contributed by atoms with E-state index in [-0.39, 0.29) is 30.8 Å². The van der Waals surface area contributed by atoms with Gasteiger partial charge in [0.05, 0.1) is 26.0 Å². The number of nitrogens with one attached hydrogen (secondary N) is 2. The number of piperidine rings is 1. The summed E-state index contributed by atoms with van der Waals surface area (Å²) in [4.78, 5) is 27.0. The van der Waals surface area contributed by atoms with E-state index in [1.165, 1.54) is 11.3 Å². The largest absolute Gasteiger partial charge is 0.389 e. The monoisotopic (exact) mass is 481 g/mol. The number of aliphatic hydroxyl groups excluding tert-OH is 1. The fraction of sp³-hybridized carbons (Fsp3) is 0.364. The van der Waals surface area contributed by atoms with E-state index >= 15 is 0 Å². The highest BCUT2D eigenvalue weighted by Gasteiger charge is 2.29. The summed E-state index contributed by atoms with van der Waals surface area (Å²) < 4.78 is 0.537. The van der Waals surface area contributed by atoms with Crippen LogP contribution < -0.4 is 15.5 Å². The number of hydrogen-bond donors (Lipinski definition) is 3. The third kappa shape index (κ3) is 6.23. The van der Waals surface area contributed by atoms with Crippen LogP contribution in [-0.4, -0.2) is 42.7 Å². The molecule has 2 aromatic rings. The Kier molecular flexibility index (Phi) is 8.37. The lowest BCUT2D eigenvalue weighted by atomic mass is 9.93. The van der Waals surface area contributed by atoms with Crippen molar-refractivity contribution in [2.45, 2.75) is 25.4 Å². The SMILES string of the molecule is C=CCC1CCCN(c2ccc(NC[C@@H](O)CNC(=O)c3ccc(Cl)s3)cc2Cl)C1=O. The van der Waals surface area contributed by atoms with E-state index in [0.29, 0.717) is 32.9 Å². The Balaban J connectivity index is 1.52. The number of rotatable bonds is 9. The Morgan fingerprint density at radius 2 is 2.13 bits per heavy atom. The molecule has 1 saturated heterocycles. The average molecular weight is 482 g/mol. The van der Waals surface area contributed by atoms with Crippen molar-refractivity contribution in [1.82, 2.24) is 5.32 Å². The van der Waals surface area contributed by atoms with Gasteiger partial charge in [0.25, 0.3) is 5.91 Å². The molecule has 9 heteroatoms. The minimum atomic E-state index is -0.791. The van der Waals surface area contributed by atoms with Crippen molar-refractivity contribution >= 4 is 57.7 Å². The summed E-state index contributed by atoms with van der Waals surface area (Å²) in [6.07, 6.45) is 3.45. The average Bonchev–Trinajstić information content (AvgIpc) is 3.19. The predicted octanol–water partition coefficient (Wildman–Crippen LogP) is 4.58. The topological polar surface area (TPSA) is 81.7 Å². The van der Waals surface area contributed by atoms with Gasteiger partial charge in [-0.2, -0.15) is 0 Å². The molecule has 1 fully saturated rings. The predicted molar refractivity (Wildman–Crippen MR) is 128 cm³/mol. The molecule has 1 aromatic carbocycles. The van der Waals surface area contributed by atoms with Crippen molar-refractivity contribution in [2.24, 2.45) is 5.92 Å². The van der Waals surface area contributed by atoms with Crippen LogP contribution in [-0.2, 0) is 4.79 Å². The third-order valence-corrected chi connectivity index (χ3v) is 6.61. The van der Waals surface area contributed by atoms with Crippen LogP contribution in [0.3, 0.4) is 0 Å². The van der Waals surface area contributed by atoms with Crippen LogP contribution in [0.2, 0.25) is 9.36 Å². The van der Waals surface area contributed by atoms with Gasteiger partial charge in [-0.05, 0) is 49.6 Å². The lowest BCUT2D eigenvalue weighted by Crippen LogP contribution is -2.41. The van der Waals surface area contributed by atoms with Crippen molar-refractivity contribution in [2.75, 3.05) is 29.9 Å². The molecule has 0 bridgehead atoms. The first-order chi connectivity index (χ1) is 14.9. The number of thiophene rings is 1. The normalized spacial score (nSPS) is 17.3. The van der Waals surface area contributed by atoms with E-state index in [1.54, 1.807) is 29.2 Å². The van der Waals surface area contributed by atoms with Crippen LogP contribution in [0.1, 0.15) is 28.9 Å². The summed E-state index contributed by atoms with van der Waals surface area (Å²) in [6, 6.07) is 8.67. The van der Waals surface area contributed by atoms with Gasteiger partial charge in [0.2, 0.25) is 5.91 Å². The quantitative estimate of drug-likeness (QED) is 0.457. The minimum Gasteiger partial charge on any atom is -0.389 e. The fourth-order valence-electron chi connectivity index (χ4n) is 3.49. The van der Waals surface area contributed by atoms with Gasteiger partial charge in [0.1, 0.15) is 0 Å². The summed E-state index contributed by atoms with van der Waals surface area (Å²) in [6.45, 7) is 4.71. The number of carbonyl (C=O) groups is 2. The van der Waals surface area contributed by atoms with Crippen molar-refractivity contribution in [3.63, 3.8) is 0 Å². The van der Waals surface area contributed by atoms with Crippen molar-refractivity contribution in [3.05, 3.63) is 57.2 Å². The van der Waals surface area contributed by atoms with Crippen LogP contribution in [0.25, 0.3) is 0 Å². The molecule has 1 unspecified atom stereocenters. The molecule has 2 amide bonds. The summed E-state index contributed by atoms with van der Waals surface area (Å²) in [5, 5.41) is 16.4. The number of aliphatic hydroxyl groups is 1. The molecule has 166 valence electrons. The lowest BCUT2D eigenvalue weighted by molar-refractivity contribution is -0.123. The fourth-order valence-corrected chi connectivity index (χ4v) is 4.73. The van der Waals surface area contributed by atoms with Gasteiger partial charge < -0.3 is 20.6 Å². The van der Waals surface area contributed by atoms with Crippen LogP contribution in [0.15, 0.2) is 43.0 Å². The van der Waals surface area contributed by atoms with Crippen molar-refractivity contribution in [3.8, 4) is 0 Å². The smallest absolute Gasteiger partial charge is 0.261 e. The molecular weight excluding hydrogens is 457 g/mol. The number of nitrogens with zero attached hydrogens (tertiary/aromatic N) is 1. The van der Waals surface area contributed by atoms with E-state index in [9.17, 15) is 14.7 Å². The van der Waals surface area contributed by atoms with E-state index in [4.69, 9.17) is 23.2 Å². The van der Waals surface area contributed by atoms with Crippen molar-refractivity contribution in [1.29, 1.82) is 0 Å². The molecule has 6 nitrogen and oxygen atoms in total. The van der Waals surface area contributed by atoms with Gasteiger partial charge in [-0.1, -0.05) is 29.3 Å². The molecule has 0 spiro atoms. The zero-order valence-corrected chi connectivity index (χ0v) is 19.3. The third-order valence-electron chi connectivity index (χ3n) is 5.08. The standard InChI is InChI=1S/C22H25Cl2N3O3S/c1-2-4-14-5-3-10-27(22(14)30)18-7-6-15(11-17(18)23)25-12-16(28)13-26-21(29)19-8-9-20(24)31-19/h2,6-9,11,14,16,25,28H,1,3-5,10,12-13H2,(H,26,29)/t14?,16-/m1/s1. The van der Waals surface area contributed by atoms with Gasteiger partial charge in [-0.25, -0.2) is 0 Å². The number of benzene rings is 1. The van der Waals surface area contributed by atoms with Gasteiger partial charge >= 0.3 is 0 Å². The molecule has 2 atom stereocenters. The molecule has 31 heavy (non-hydrogen) atoms. The highest BCUT2D eigenvalue weighted by atomic mass is 35.5. The second-order valence-electron chi connectivity index (χ2n) is 7.37. The molecule has 1 aliphatic heterocycles. The Labute approximate surface area is 195 Å². The van der Waals surface area contributed by atoms with Crippen LogP contribution in [0.5, 0.6) is 0 Å². The Hall–Kier alpha value is -2.06. The van der Waals surface area contributed by atoms with E-state index in [1.807, 2.05) is 12.1 Å². The molecule has 3 N–H and O–H groups in total. The first kappa shape index (κ1) is 23.6. The summed E-state index contributed by atoms with van der Waals surface area (Å²) in [7, 11) is 0. The molecule has 0 aliphatic carbocycles. The number of carbonyl (C=O) groups excluding carboxylic acids is 2.